The fourth-order valence-corrected chi connectivity index (χ4v) is 2.69. The van der Waals surface area contributed by atoms with E-state index >= 15 is 0 Å². The average molecular weight is 429 g/mol. The van der Waals surface area contributed by atoms with E-state index in [1.807, 2.05) is 19.1 Å². The van der Waals surface area contributed by atoms with Gasteiger partial charge in [-0.3, -0.25) is 0 Å². The molecule has 0 saturated carbocycles. The van der Waals surface area contributed by atoms with Crippen molar-refractivity contribution in [3.63, 3.8) is 0 Å². The zero-order valence-corrected chi connectivity index (χ0v) is 19.3. The molecule has 1 rings (SSSR count). The molecule has 0 aliphatic rings. The van der Waals surface area contributed by atoms with Crippen molar-refractivity contribution in [1.29, 1.82) is 0 Å². The molecular weight excluding hydrogens is 392 g/mol. The molecule has 0 radical (unpaired) electrons. The summed E-state index contributed by atoms with van der Waals surface area (Å²) in [4.78, 5) is 23.9. The highest BCUT2D eigenvalue weighted by molar-refractivity contribution is 5.87. The van der Waals surface area contributed by atoms with Gasteiger partial charge in [0.2, 0.25) is 0 Å². The van der Waals surface area contributed by atoms with E-state index in [1.54, 1.807) is 30.3 Å². The lowest BCUT2D eigenvalue weighted by atomic mass is 10.0. The largest absolute Gasteiger partial charge is 0.513 e. The van der Waals surface area contributed by atoms with Crippen LogP contribution in [-0.4, -0.2) is 25.3 Å². The second-order valence-corrected chi connectivity index (χ2v) is 7.66. The van der Waals surface area contributed by atoms with Gasteiger partial charge in [-0.15, -0.1) is 0 Å². The van der Waals surface area contributed by atoms with Crippen molar-refractivity contribution in [1.82, 2.24) is 0 Å². The zero-order valence-electron chi connectivity index (χ0n) is 19.3. The molecule has 0 fully saturated rings. The van der Waals surface area contributed by atoms with Gasteiger partial charge in [0.25, 0.3) is 0 Å². The van der Waals surface area contributed by atoms with Crippen LogP contribution < -0.4 is 4.74 Å². The van der Waals surface area contributed by atoms with Crippen molar-refractivity contribution in [3.05, 3.63) is 59.7 Å². The Balaban J connectivity index is 2.44. The van der Waals surface area contributed by atoms with E-state index in [4.69, 9.17) is 14.2 Å². The molecule has 170 valence electrons. The molecule has 0 spiro atoms. The Bertz CT molecular complexity index is 757. The van der Waals surface area contributed by atoms with Crippen LogP contribution in [0.5, 0.6) is 5.75 Å². The predicted molar refractivity (Wildman–Crippen MR) is 125 cm³/mol. The van der Waals surface area contributed by atoms with Crippen LogP contribution in [0.2, 0.25) is 0 Å². The van der Waals surface area contributed by atoms with Crippen LogP contribution in [0, 0.1) is 5.92 Å². The summed E-state index contributed by atoms with van der Waals surface area (Å²) in [6.07, 6.45) is 12.9. The van der Waals surface area contributed by atoms with Crippen molar-refractivity contribution in [2.45, 2.75) is 59.8 Å². The van der Waals surface area contributed by atoms with Crippen LogP contribution in [-0.2, 0) is 14.3 Å². The third-order valence-electron chi connectivity index (χ3n) is 4.49. The third kappa shape index (κ3) is 13.2. The molecule has 0 N–H and O–H groups in total. The molecule has 1 aromatic rings. The third-order valence-corrected chi connectivity index (χ3v) is 4.49. The average Bonchev–Trinajstić information content (AvgIpc) is 2.72. The maximum Gasteiger partial charge on any atom is 0.513 e. The number of allylic oxidation sites excluding steroid dienone is 3. The molecule has 0 bridgehead atoms. The van der Waals surface area contributed by atoms with Crippen molar-refractivity contribution < 1.29 is 23.8 Å². The van der Waals surface area contributed by atoms with Gasteiger partial charge in [0.15, 0.2) is 0 Å². The minimum Gasteiger partial charge on any atom is -0.463 e. The van der Waals surface area contributed by atoms with E-state index < -0.39 is 12.1 Å². The first-order valence-electron chi connectivity index (χ1n) is 11.0. The molecule has 0 aliphatic heterocycles. The van der Waals surface area contributed by atoms with Crippen LogP contribution in [0.25, 0.3) is 6.08 Å². The van der Waals surface area contributed by atoms with E-state index in [2.05, 4.69) is 26.8 Å². The van der Waals surface area contributed by atoms with E-state index in [-0.39, 0.29) is 6.61 Å². The summed E-state index contributed by atoms with van der Waals surface area (Å²) in [5.74, 6) is 0.398. The monoisotopic (exact) mass is 428 g/mol. The van der Waals surface area contributed by atoms with Gasteiger partial charge >= 0.3 is 12.1 Å². The number of hydrogen-bond donors (Lipinski definition) is 0. The Morgan fingerprint density at radius 3 is 2.52 bits per heavy atom. The summed E-state index contributed by atoms with van der Waals surface area (Å²) >= 11 is 0. The summed E-state index contributed by atoms with van der Waals surface area (Å²) in [7, 11) is 0. The van der Waals surface area contributed by atoms with Crippen LogP contribution in [0.15, 0.2) is 54.1 Å². The van der Waals surface area contributed by atoms with Crippen molar-refractivity contribution in [2.24, 2.45) is 5.92 Å². The topological polar surface area (TPSA) is 61.8 Å². The zero-order chi connectivity index (χ0) is 22.9. The van der Waals surface area contributed by atoms with E-state index in [0.29, 0.717) is 30.3 Å². The maximum atomic E-state index is 12.0. The normalized spacial score (nSPS) is 12.0. The van der Waals surface area contributed by atoms with Gasteiger partial charge in [0.1, 0.15) is 5.75 Å². The molecule has 1 aromatic carbocycles. The Kier molecular flexibility index (Phi) is 13.5. The summed E-state index contributed by atoms with van der Waals surface area (Å²) in [6, 6.07) is 6.95. The fourth-order valence-electron chi connectivity index (χ4n) is 2.69. The van der Waals surface area contributed by atoms with Crippen LogP contribution in [0.1, 0.15) is 65.4 Å². The van der Waals surface area contributed by atoms with Crippen molar-refractivity contribution in [3.8, 4) is 5.75 Å². The van der Waals surface area contributed by atoms with Crippen molar-refractivity contribution >= 4 is 18.2 Å². The first kappa shape index (κ1) is 26.2. The minimum absolute atomic E-state index is 0.256. The van der Waals surface area contributed by atoms with Crippen LogP contribution in [0.4, 0.5) is 4.79 Å². The Morgan fingerprint density at radius 1 is 1.00 bits per heavy atom. The molecule has 0 aliphatic carbocycles. The molecule has 0 aromatic heterocycles. The van der Waals surface area contributed by atoms with Gasteiger partial charge in [0, 0.05) is 11.6 Å². The smallest absolute Gasteiger partial charge is 0.463 e. The van der Waals surface area contributed by atoms with E-state index in [9.17, 15) is 9.59 Å². The highest BCUT2D eigenvalue weighted by Crippen LogP contribution is 2.20. The SMILES string of the molecule is CCC=CCCOC(=O)Oc1ccccc1C=CC(=O)OCCC(C)CCC=C(C)C. The molecule has 1 atom stereocenters. The number of carbonyl (C=O) groups is 2. The Morgan fingerprint density at radius 2 is 1.77 bits per heavy atom. The number of ether oxygens (including phenoxy) is 3. The molecule has 31 heavy (non-hydrogen) atoms. The first-order chi connectivity index (χ1) is 14.9. The predicted octanol–water partition coefficient (Wildman–Crippen LogP) is 6.89. The molecule has 1 unspecified atom stereocenters. The van der Waals surface area contributed by atoms with Crippen molar-refractivity contribution in [2.75, 3.05) is 13.2 Å². The lowest BCUT2D eigenvalue weighted by Gasteiger charge is -2.10. The number of hydrogen-bond acceptors (Lipinski definition) is 5. The molecular formula is C26H36O5. The molecule has 5 nitrogen and oxygen atoms in total. The second-order valence-electron chi connectivity index (χ2n) is 7.66. The first-order valence-corrected chi connectivity index (χ1v) is 11.0. The Labute approximate surface area is 186 Å². The molecule has 0 amide bonds. The van der Waals surface area contributed by atoms with Gasteiger partial charge in [-0.2, -0.15) is 0 Å². The number of carbonyl (C=O) groups excluding carboxylic acids is 2. The summed E-state index contributed by atoms with van der Waals surface area (Å²) in [5.41, 5.74) is 1.92. The van der Waals surface area contributed by atoms with Gasteiger partial charge < -0.3 is 14.2 Å². The fraction of sp³-hybridized carbons (Fsp3) is 0.462. The quantitative estimate of drug-likeness (QED) is 0.113. The summed E-state index contributed by atoms with van der Waals surface area (Å²) in [6.45, 7) is 9.03. The second kappa shape index (κ2) is 15.9. The van der Waals surface area contributed by atoms with E-state index in [1.165, 1.54) is 11.6 Å². The van der Waals surface area contributed by atoms with Gasteiger partial charge in [-0.25, -0.2) is 9.59 Å². The lowest BCUT2D eigenvalue weighted by Crippen LogP contribution is -2.11. The van der Waals surface area contributed by atoms with Crippen LogP contribution in [0.3, 0.4) is 0 Å². The van der Waals surface area contributed by atoms with Gasteiger partial charge in [0.05, 0.1) is 13.2 Å². The van der Waals surface area contributed by atoms with Gasteiger partial charge in [-0.05, 0) is 64.0 Å². The highest BCUT2D eigenvalue weighted by Gasteiger charge is 2.09. The molecule has 5 heteroatoms. The molecule has 0 saturated heterocycles. The standard InChI is InChI=1S/C26H36O5/c1-5-6-7-10-19-30-26(28)31-24-15-9-8-14-23(24)16-17-25(27)29-20-18-22(4)13-11-12-21(2)3/h6-9,12,14-17,22H,5,10-11,13,18-20H2,1-4H3. The number of rotatable bonds is 13. The number of para-hydroxylation sites is 1. The highest BCUT2D eigenvalue weighted by atomic mass is 16.7. The number of esters is 1. The minimum atomic E-state index is -0.768. The van der Waals surface area contributed by atoms with E-state index in [0.717, 1.165) is 25.7 Å². The number of benzene rings is 1. The van der Waals surface area contributed by atoms with Crippen LogP contribution >= 0.6 is 0 Å². The molecule has 0 heterocycles. The van der Waals surface area contributed by atoms with Gasteiger partial charge in [-0.1, -0.05) is 55.8 Å². The lowest BCUT2D eigenvalue weighted by molar-refractivity contribution is -0.138. The summed E-state index contributed by atoms with van der Waals surface area (Å²) in [5, 5.41) is 0. The maximum absolute atomic E-state index is 12.0. The Hall–Kier alpha value is -2.82. The summed E-state index contributed by atoms with van der Waals surface area (Å²) < 4.78 is 15.6.